The van der Waals surface area contributed by atoms with Crippen molar-refractivity contribution >= 4 is 17.8 Å². The van der Waals surface area contributed by atoms with E-state index in [0.717, 1.165) is 5.56 Å². The number of nitrogens with two attached hydrogens (primary N) is 1. The summed E-state index contributed by atoms with van der Waals surface area (Å²) in [5.41, 5.74) is 5.85. The number of rotatable bonds is 4. The number of carbonyl (C=O) groups excluding carboxylic acids is 1. The van der Waals surface area contributed by atoms with Crippen molar-refractivity contribution in [1.82, 2.24) is 20.2 Å². The Morgan fingerprint density at radius 3 is 2.59 bits per heavy atom. The maximum absolute atomic E-state index is 13.8. The number of halogens is 1. The molecule has 27 heavy (non-hydrogen) atoms. The van der Waals surface area contributed by atoms with E-state index in [2.05, 4.69) is 15.3 Å². The van der Waals surface area contributed by atoms with E-state index in [4.69, 9.17) is 5.73 Å². The van der Waals surface area contributed by atoms with Crippen LogP contribution in [0.3, 0.4) is 0 Å². The molecule has 0 bridgehead atoms. The van der Waals surface area contributed by atoms with Gasteiger partial charge in [-0.1, -0.05) is 12.1 Å². The van der Waals surface area contributed by atoms with Crippen LogP contribution in [0.15, 0.2) is 36.7 Å². The van der Waals surface area contributed by atoms with Gasteiger partial charge < -0.3 is 21.1 Å². The number of aromatic nitrogens is 2. The molecule has 2 heterocycles. The number of hydrogen-bond acceptors (Lipinski definition) is 5. The second-order valence-electron chi connectivity index (χ2n) is 6.53. The second-order valence-corrected chi connectivity index (χ2v) is 6.53. The Hall–Kier alpha value is -3.23. The number of carboxylic acid groups (broad SMARTS) is 1. The lowest BCUT2D eigenvalue weighted by atomic mass is 9.72. The fourth-order valence-corrected chi connectivity index (χ4v) is 3.37. The maximum atomic E-state index is 13.8. The maximum Gasteiger partial charge on any atom is 0.407 e. The molecule has 1 saturated heterocycles. The highest BCUT2D eigenvalue weighted by atomic mass is 19.1. The Balaban J connectivity index is 1.82. The van der Waals surface area contributed by atoms with Crippen molar-refractivity contribution in [3.63, 3.8) is 0 Å². The molecule has 0 aliphatic carbocycles. The first-order valence-corrected chi connectivity index (χ1v) is 8.50. The van der Waals surface area contributed by atoms with Crippen LogP contribution in [0.25, 0.3) is 0 Å². The smallest absolute Gasteiger partial charge is 0.407 e. The zero-order valence-corrected chi connectivity index (χ0v) is 14.6. The summed E-state index contributed by atoms with van der Waals surface area (Å²) in [6, 6.07) is 6.18. The molecule has 0 atom stereocenters. The first kappa shape index (κ1) is 18.6. The average molecular weight is 373 g/mol. The Morgan fingerprint density at radius 2 is 1.96 bits per heavy atom. The predicted octanol–water partition coefficient (Wildman–Crippen LogP) is 1.64. The van der Waals surface area contributed by atoms with Gasteiger partial charge >= 0.3 is 6.09 Å². The number of nitrogens with zero attached hydrogens (tertiary/aromatic N) is 3. The van der Waals surface area contributed by atoms with Crippen LogP contribution in [0, 0.1) is 5.82 Å². The van der Waals surface area contributed by atoms with Crippen LogP contribution < -0.4 is 11.1 Å². The van der Waals surface area contributed by atoms with E-state index in [-0.39, 0.29) is 23.9 Å². The monoisotopic (exact) mass is 373 g/mol. The minimum absolute atomic E-state index is 0.0230. The lowest BCUT2D eigenvalue weighted by Gasteiger charge is -2.41. The van der Waals surface area contributed by atoms with Crippen molar-refractivity contribution in [2.75, 3.05) is 25.4 Å². The van der Waals surface area contributed by atoms with Crippen molar-refractivity contribution in [3.05, 3.63) is 53.7 Å². The van der Waals surface area contributed by atoms with Crippen LogP contribution in [0.2, 0.25) is 0 Å². The Kier molecular flexibility index (Phi) is 5.20. The summed E-state index contributed by atoms with van der Waals surface area (Å²) in [5, 5.41) is 12.0. The fourth-order valence-electron chi connectivity index (χ4n) is 3.37. The molecule has 4 N–H and O–H groups in total. The second kappa shape index (κ2) is 7.56. The highest BCUT2D eigenvalue weighted by Gasteiger charge is 2.38. The molecule has 142 valence electrons. The van der Waals surface area contributed by atoms with E-state index in [9.17, 15) is 19.1 Å². The van der Waals surface area contributed by atoms with E-state index in [1.807, 2.05) is 0 Å². The van der Waals surface area contributed by atoms with Gasteiger partial charge in [-0.25, -0.2) is 19.2 Å². The molecule has 1 aromatic heterocycles. The van der Waals surface area contributed by atoms with Crippen LogP contribution in [0.1, 0.15) is 28.9 Å². The third-order valence-electron chi connectivity index (χ3n) is 4.96. The van der Waals surface area contributed by atoms with E-state index in [1.54, 1.807) is 12.1 Å². The van der Waals surface area contributed by atoms with Gasteiger partial charge in [-0.15, -0.1) is 0 Å². The van der Waals surface area contributed by atoms with E-state index in [1.165, 1.54) is 29.4 Å². The van der Waals surface area contributed by atoms with Gasteiger partial charge in [0, 0.05) is 37.4 Å². The van der Waals surface area contributed by atoms with Crippen LogP contribution in [0.4, 0.5) is 15.0 Å². The molecule has 2 aromatic rings. The Bertz CT molecular complexity index is 852. The average Bonchev–Trinajstić information content (AvgIpc) is 2.67. The van der Waals surface area contributed by atoms with E-state index in [0.29, 0.717) is 25.9 Å². The molecular weight excluding hydrogens is 353 g/mol. The minimum atomic E-state index is -0.987. The standard InChI is InChI=1S/C18H20FN5O3/c19-13-3-1-2-12(10-13)18(4-8-24(9-5-18)17(26)27)11-23-16(25)14-15(20)22-7-6-21-14/h1-3,6-7,10H,4-5,8-9,11H2,(H2,20,22)(H,23,25)(H,26,27). The number of benzene rings is 1. The van der Waals surface area contributed by atoms with Crippen molar-refractivity contribution in [1.29, 1.82) is 0 Å². The van der Waals surface area contributed by atoms with Gasteiger partial charge in [0.15, 0.2) is 11.5 Å². The van der Waals surface area contributed by atoms with Gasteiger partial charge in [0.25, 0.3) is 5.91 Å². The SMILES string of the molecule is Nc1nccnc1C(=O)NCC1(c2cccc(F)c2)CCN(C(=O)O)CC1. The first-order valence-electron chi connectivity index (χ1n) is 8.50. The molecule has 2 amide bonds. The molecule has 0 radical (unpaired) electrons. The lowest BCUT2D eigenvalue weighted by molar-refractivity contribution is 0.0904. The van der Waals surface area contributed by atoms with Crippen LogP contribution in [-0.4, -0.2) is 51.6 Å². The summed E-state index contributed by atoms with van der Waals surface area (Å²) in [6.07, 6.45) is 2.69. The number of anilines is 1. The van der Waals surface area contributed by atoms with Crippen molar-refractivity contribution in [2.24, 2.45) is 0 Å². The van der Waals surface area contributed by atoms with E-state index < -0.39 is 17.4 Å². The minimum Gasteiger partial charge on any atom is -0.465 e. The predicted molar refractivity (Wildman–Crippen MR) is 95.7 cm³/mol. The fraction of sp³-hybridized carbons (Fsp3) is 0.333. The molecule has 9 heteroatoms. The van der Waals surface area contributed by atoms with Gasteiger partial charge in [0.05, 0.1) is 0 Å². The number of nitrogen functional groups attached to an aromatic ring is 1. The summed E-state index contributed by atoms with van der Waals surface area (Å²) < 4.78 is 13.8. The summed E-state index contributed by atoms with van der Waals surface area (Å²) in [7, 11) is 0. The molecule has 1 aliphatic heterocycles. The molecule has 0 spiro atoms. The lowest BCUT2D eigenvalue weighted by Crippen LogP contribution is -2.50. The number of nitrogens with one attached hydrogen (secondary N) is 1. The van der Waals surface area contributed by atoms with Crippen molar-refractivity contribution in [3.8, 4) is 0 Å². The Labute approximate surface area is 155 Å². The zero-order chi connectivity index (χ0) is 19.4. The third kappa shape index (κ3) is 3.97. The van der Waals surface area contributed by atoms with Gasteiger partial charge in [-0.05, 0) is 30.5 Å². The number of piperidine rings is 1. The molecule has 1 aliphatic rings. The quantitative estimate of drug-likeness (QED) is 0.749. The van der Waals surface area contributed by atoms with Gasteiger partial charge in [0.1, 0.15) is 5.82 Å². The molecule has 1 aromatic carbocycles. The van der Waals surface area contributed by atoms with Crippen LogP contribution in [0.5, 0.6) is 0 Å². The number of hydrogen-bond donors (Lipinski definition) is 3. The molecular formula is C18H20FN5O3. The summed E-state index contributed by atoms with van der Waals surface area (Å²) in [5.74, 6) is -0.829. The highest BCUT2D eigenvalue weighted by molar-refractivity contribution is 5.96. The zero-order valence-electron chi connectivity index (χ0n) is 14.6. The molecule has 1 fully saturated rings. The highest BCUT2D eigenvalue weighted by Crippen LogP contribution is 2.35. The molecule has 0 unspecified atom stereocenters. The van der Waals surface area contributed by atoms with Gasteiger partial charge in [-0.3, -0.25) is 4.79 Å². The Morgan fingerprint density at radius 1 is 1.26 bits per heavy atom. The van der Waals surface area contributed by atoms with Crippen LogP contribution >= 0.6 is 0 Å². The number of likely N-dealkylation sites (tertiary alicyclic amines) is 1. The molecule has 0 saturated carbocycles. The number of amides is 2. The van der Waals surface area contributed by atoms with Crippen LogP contribution in [-0.2, 0) is 5.41 Å². The largest absolute Gasteiger partial charge is 0.465 e. The van der Waals surface area contributed by atoms with E-state index >= 15 is 0 Å². The van der Waals surface area contributed by atoms with Gasteiger partial charge in [-0.2, -0.15) is 0 Å². The summed E-state index contributed by atoms with van der Waals surface area (Å²) >= 11 is 0. The molecule has 8 nitrogen and oxygen atoms in total. The van der Waals surface area contributed by atoms with Crippen molar-refractivity contribution in [2.45, 2.75) is 18.3 Å². The van der Waals surface area contributed by atoms with Gasteiger partial charge in [0.2, 0.25) is 0 Å². The third-order valence-corrected chi connectivity index (χ3v) is 4.96. The summed E-state index contributed by atoms with van der Waals surface area (Å²) in [6.45, 7) is 0.808. The summed E-state index contributed by atoms with van der Waals surface area (Å²) in [4.78, 5) is 32.8. The normalized spacial score (nSPS) is 16.0. The molecule has 3 rings (SSSR count). The van der Waals surface area contributed by atoms with Crippen molar-refractivity contribution < 1.29 is 19.1 Å². The topological polar surface area (TPSA) is 121 Å². The first-order chi connectivity index (χ1) is 12.9. The number of carbonyl (C=O) groups is 2.